The molecule has 0 saturated heterocycles. The fraction of sp³-hybridized carbons (Fsp3) is 0.250. The molecule has 0 radical (unpaired) electrons. The highest BCUT2D eigenvalue weighted by atomic mass is 15.0. The molecule has 0 spiro atoms. The quantitative estimate of drug-likeness (QED) is 0.767. The van der Waals surface area contributed by atoms with Crippen molar-refractivity contribution in [2.45, 2.75) is 25.3 Å². The van der Waals surface area contributed by atoms with Gasteiger partial charge in [0.2, 0.25) is 0 Å². The Morgan fingerprint density at radius 1 is 1.13 bits per heavy atom. The van der Waals surface area contributed by atoms with E-state index >= 15 is 0 Å². The third-order valence-electron chi connectivity index (χ3n) is 4.64. The number of pyridine rings is 1. The van der Waals surface area contributed by atoms with Gasteiger partial charge in [-0.15, -0.1) is 0 Å². The molecule has 3 heteroatoms. The van der Waals surface area contributed by atoms with Crippen molar-refractivity contribution >= 4 is 11.2 Å². The van der Waals surface area contributed by atoms with Gasteiger partial charge in [-0.25, -0.2) is 4.98 Å². The molecule has 0 aliphatic heterocycles. The molecule has 116 valence electrons. The van der Waals surface area contributed by atoms with E-state index < -0.39 is 0 Å². The molecule has 1 aromatic carbocycles. The summed E-state index contributed by atoms with van der Waals surface area (Å²) in [6, 6.07) is 15.1. The van der Waals surface area contributed by atoms with Crippen molar-refractivity contribution in [2.24, 2.45) is 0 Å². The molecule has 3 aromatic rings. The number of nitrogens with one attached hydrogen (secondary N) is 1. The number of fused-ring (bicyclic) bond motifs is 1. The van der Waals surface area contributed by atoms with Gasteiger partial charge in [0.15, 0.2) is 0 Å². The zero-order chi connectivity index (χ0) is 15.6. The Balaban J connectivity index is 1.56. The minimum Gasteiger partial charge on any atom is -0.310 e. The molecule has 0 bridgehead atoms. The Kier molecular flexibility index (Phi) is 3.72. The summed E-state index contributed by atoms with van der Waals surface area (Å²) < 4.78 is 2.09. The maximum atomic E-state index is 4.70. The van der Waals surface area contributed by atoms with Crippen LogP contribution >= 0.6 is 0 Å². The largest absolute Gasteiger partial charge is 0.310 e. The van der Waals surface area contributed by atoms with E-state index in [9.17, 15) is 0 Å². The summed E-state index contributed by atoms with van der Waals surface area (Å²) in [4.78, 5) is 4.70. The van der Waals surface area contributed by atoms with Gasteiger partial charge in [0.05, 0.1) is 5.69 Å². The van der Waals surface area contributed by atoms with Gasteiger partial charge in [-0.05, 0) is 36.1 Å². The van der Waals surface area contributed by atoms with Crippen molar-refractivity contribution in [1.29, 1.82) is 0 Å². The molecule has 0 atom stereocenters. The van der Waals surface area contributed by atoms with Crippen LogP contribution in [0, 0.1) is 0 Å². The Hall–Kier alpha value is -2.39. The lowest BCUT2D eigenvalue weighted by Gasteiger charge is -2.27. The van der Waals surface area contributed by atoms with E-state index in [4.69, 9.17) is 4.98 Å². The maximum Gasteiger partial charge on any atom is 0.137 e. The van der Waals surface area contributed by atoms with Crippen molar-refractivity contribution in [3.63, 3.8) is 0 Å². The van der Waals surface area contributed by atoms with Crippen LogP contribution in [-0.4, -0.2) is 22.0 Å². The molecule has 1 aliphatic carbocycles. The van der Waals surface area contributed by atoms with Gasteiger partial charge < -0.3 is 9.72 Å². The molecule has 4 rings (SSSR count). The zero-order valence-electron chi connectivity index (χ0n) is 13.2. The first-order valence-corrected chi connectivity index (χ1v) is 8.25. The normalized spacial score (nSPS) is 14.8. The number of hydrogen-bond donors (Lipinski definition) is 1. The lowest BCUT2D eigenvalue weighted by Crippen LogP contribution is -2.35. The monoisotopic (exact) mass is 303 g/mol. The van der Waals surface area contributed by atoms with Crippen LogP contribution in [0.15, 0.2) is 61.4 Å². The second kappa shape index (κ2) is 6.01. The first-order chi connectivity index (χ1) is 11.3. The van der Waals surface area contributed by atoms with Gasteiger partial charge in [-0.3, -0.25) is 0 Å². The van der Waals surface area contributed by atoms with E-state index in [1.807, 2.05) is 18.2 Å². The van der Waals surface area contributed by atoms with Crippen LogP contribution in [-0.2, 0) is 0 Å². The Morgan fingerprint density at radius 3 is 2.70 bits per heavy atom. The Bertz CT molecular complexity index is 828. The lowest BCUT2D eigenvalue weighted by atomic mass is 9.93. The molecular weight excluding hydrogens is 282 g/mol. The zero-order valence-corrected chi connectivity index (χ0v) is 13.2. The number of hydrogen-bond acceptors (Lipinski definition) is 2. The van der Waals surface area contributed by atoms with Crippen LogP contribution in [0.2, 0.25) is 0 Å². The summed E-state index contributed by atoms with van der Waals surface area (Å²) in [5, 5.41) is 3.57. The van der Waals surface area contributed by atoms with Crippen molar-refractivity contribution in [2.75, 3.05) is 6.54 Å². The minimum absolute atomic E-state index is 0.688. The summed E-state index contributed by atoms with van der Waals surface area (Å²) >= 11 is 0. The molecule has 1 saturated carbocycles. The molecule has 2 aromatic heterocycles. The van der Waals surface area contributed by atoms with E-state index in [0.29, 0.717) is 6.04 Å². The minimum atomic E-state index is 0.688. The van der Waals surface area contributed by atoms with Gasteiger partial charge in [0, 0.05) is 30.5 Å². The lowest BCUT2D eigenvalue weighted by molar-refractivity contribution is 0.353. The number of imidazole rings is 1. The topological polar surface area (TPSA) is 29.3 Å². The fourth-order valence-corrected chi connectivity index (χ4v) is 2.93. The summed E-state index contributed by atoms with van der Waals surface area (Å²) in [7, 11) is 0. The summed E-state index contributed by atoms with van der Waals surface area (Å²) in [6.07, 6.45) is 8.16. The predicted octanol–water partition coefficient (Wildman–Crippen LogP) is 4.16. The van der Waals surface area contributed by atoms with Crippen molar-refractivity contribution < 1.29 is 0 Å². The second-order valence-electron chi connectivity index (χ2n) is 6.29. The molecule has 1 N–H and O–H groups in total. The molecule has 2 heterocycles. The number of rotatable bonds is 5. The van der Waals surface area contributed by atoms with E-state index in [2.05, 4.69) is 53.0 Å². The van der Waals surface area contributed by atoms with Crippen molar-refractivity contribution in [1.82, 2.24) is 14.7 Å². The molecular formula is C20H21N3. The molecule has 0 amide bonds. The summed E-state index contributed by atoms with van der Waals surface area (Å²) in [6.45, 7) is 5.09. The van der Waals surface area contributed by atoms with E-state index in [-0.39, 0.29) is 0 Å². The van der Waals surface area contributed by atoms with Crippen LogP contribution < -0.4 is 5.32 Å². The second-order valence-corrected chi connectivity index (χ2v) is 6.29. The van der Waals surface area contributed by atoms with Crippen molar-refractivity contribution in [3.8, 4) is 11.3 Å². The summed E-state index contributed by atoms with van der Waals surface area (Å²) in [5.74, 6) is 0. The average Bonchev–Trinajstić information content (AvgIpc) is 2.97. The van der Waals surface area contributed by atoms with Crippen LogP contribution in [0.5, 0.6) is 0 Å². The third-order valence-corrected chi connectivity index (χ3v) is 4.64. The van der Waals surface area contributed by atoms with Gasteiger partial charge in [-0.1, -0.05) is 43.3 Å². The first kappa shape index (κ1) is 14.2. The first-order valence-electron chi connectivity index (χ1n) is 8.25. The maximum absolute atomic E-state index is 4.70. The molecule has 1 aliphatic rings. The van der Waals surface area contributed by atoms with E-state index in [0.717, 1.165) is 29.0 Å². The number of aromatic nitrogens is 2. The number of nitrogens with zero attached hydrogens (tertiary/aromatic N) is 2. The van der Waals surface area contributed by atoms with Crippen LogP contribution in [0.1, 0.15) is 24.8 Å². The van der Waals surface area contributed by atoms with Gasteiger partial charge in [0.1, 0.15) is 5.65 Å². The van der Waals surface area contributed by atoms with E-state index in [1.165, 1.54) is 24.8 Å². The van der Waals surface area contributed by atoms with Gasteiger partial charge >= 0.3 is 0 Å². The summed E-state index contributed by atoms with van der Waals surface area (Å²) in [5.41, 5.74) is 5.41. The molecule has 0 unspecified atom stereocenters. The van der Waals surface area contributed by atoms with E-state index in [1.54, 1.807) is 0 Å². The Labute approximate surface area is 136 Å². The smallest absolute Gasteiger partial charge is 0.137 e. The highest BCUT2D eigenvalue weighted by molar-refractivity contribution is 5.67. The highest BCUT2D eigenvalue weighted by Gasteiger charge is 2.16. The number of benzene rings is 1. The molecule has 1 fully saturated rings. The van der Waals surface area contributed by atoms with Crippen LogP contribution in [0.4, 0.5) is 0 Å². The predicted molar refractivity (Wildman–Crippen MR) is 95.3 cm³/mol. The van der Waals surface area contributed by atoms with Crippen LogP contribution in [0.25, 0.3) is 22.5 Å². The highest BCUT2D eigenvalue weighted by Crippen LogP contribution is 2.22. The standard InChI is InChI=1S/C20H21N3/c1-15(12-21-18-8-5-9-18)17-10-11-20-22-19(14-23(20)13-17)16-6-3-2-4-7-16/h2-4,6-7,10-11,13-14,18,21H,1,5,8-9,12H2. The molecule has 23 heavy (non-hydrogen) atoms. The van der Waals surface area contributed by atoms with Crippen molar-refractivity contribution in [3.05, 3.63) is 67.0 Å². The Morgan fingerprint density at radius 2 is 1.96 bits per heavy atom. The fourth-order valence-electron chi connectivity index (χ4n) is 2.93. The van der Waals surface area contributed by atoms with Gasteiger partial charge in [-0.2, -0.15) is 0 Å². The SMILES string of the molecule is C=C(CNC1CCC1)c1ccc2nc(-c3ccccc3)cn2c1. The third kappa shape index (κ3) is 2.92. The average molecular weight is 303 g/mol. The molecule has 3 nitrogen and oxygen atoms in total. The van der Waals surface area contributed by atoms with Crippen LogP contribution in [0.3, 0.4) is 0 Å². The van der Waals surface area contributed by atoms with Gasteiger partial charge in [0.25, 0.3) is 0 Å².